The van der Waals surface area contributed by atoms with Crippen molar-refractivity contribution in [3.05, 3.63) is 174 Å². The van der Waals surface area contributed by atoms with Crippen LogP contribution >= 0.6 is 55.1 Å². The van der Waals surface area contributed by atoms with Crippen molar-refractivity contribution in [2.75, 3.05) is 10.6 Å². The maximum Gasteiger partial charge on any atom is 0.196 e. The van der Waals surface area contributed by atoms with Crippen molar-refractivity contribution in [3.8, 4) is 0 Å². The van der Waals surface area contributed by atoms with Gasteiger partial charge in [-0.15, -0.1) is 0 Å². The summed E-state index contributed by atoms with van der Waals surface area (Å²) in [5.74, 6) is -2.36. The van der Waals surface area contributed by atoms with Crippen molar-refractivity contribution < 1.29 is 27.5 Å². The van der Waals surface area contributed by atoms with Gasteiger partial charge in [0.2, 0.25) is 0 Å². The summed E-state index contributed by atoms with van der Waals surface area (Å²) in [6.07, 6.45) is 1.88. The average molecular weight is 849 g/mol. The molecule has 0 aliphatic carbocycles. The third-order valence-electron chi connectivity index (χ3n) is 6.94. The first-order chi connectivity index (χ1) is 23.9. The highest BCUT2D eigenvalue weighted by atomic mass is 79.9. The van der Waals surface area contributed by atoms with Crippen molar-refractivity contribution in [2.45, 2.75) is 6.10 Å². The molecule has 0 aliphatic heterocycles. The van der Waals surface area contributed by atoms with Gasteiger partial charge in [-0.05, 0) is 78.9 Å². The van der Waals surface area contributed by atoms with Gasteiger partial charge in [0.25, 0.3) is 0 Å². The van der Waals surface area contributed by atoms with E-state index in [-0.39, 0.29) is 17.2 Å². The molecule has 0 saturated heterocycles. The summed E-state index contributed by atoms with van der Waals surface area (Å²) >= 11 is 18.8. The van der Waals surface area contributed by atoms with E-state index < -0.39 is 29.4 Å². The first-order valence-corrected chi connectivity index (χ1v) is 16.7. The number of nitrogens with one attached hydrogen (secondary N) is 2. The summed E-state index contributed by atoms with van der Waals surface area (Å²) in [5.41, 5.74) is 1.96. The van der Waals surface area contributed by atoms with Crippen LogP contribution < -0.4 is 10.6 Å². The number of ketones is 1. The molecule has 6 nitrogen and oxygen atoms in total. The third-order valence-corrected chi connectivity index (χ3v) is 8.60. The predicted molar refractivity (Wildman–Crippen MR) is 194 cm³/mol. The molecule has 1 atom stereocenters. The van der Waals surface area contributed by atoms with E-state index in [0.29, 0.717) is 43.9 Å². The Bertz CT molecular complexity index is 2160. The molecule has 0 spiro atoms. The van der Waals surface area contributed by atoms with Crippen LogP contribution in [-0.2, 0) is 0 Å². The number of hydrogen-bond acceptors (Lipinski definition) is 6. The molecule has 2 heterocycles. The SMILES string of the molecule is O=C(c1ccc(Nc2ccc(F)cc2F)nc1)c1cc(Br)ccc1Cl.OC(c1ccc(Nc2ccc(F)cc2F)nc1)c1cc(Br)ccc1Cl. The van der Waals surface area contributed by atoms with Gasteiger partial charge in [0.15, 0.2) is 5.78 Å². The van der Waals surface area contributed by atoms with Gasteiger partial charge in [0.1, 0.15) is 41.0 Å². The van der Waals surface area contributed by atoms with Crippen LogP contribution in [0.3, 0.4) is 0 Å². The summed E-state index contributed by atoms with van der Waals surface area (Å²) in [4.78, 5) is 20.8. The second-order valence-corrected chi connectivity index (χ2v) is 13.1. The zero-order chi connectivity index (χ0) is 35.9. The molecule has 0 saturated carbocycles. The highest BCUT2D eigenvalue weighted by Crippen LogP contribution is 2.31. The molecule has 6 aromatic rings. The number of benzene rings is 4. The van der Waals surface area contributed by atoms with Crippen LogP contribution in [-0.4, -0.2) is 20.9 Å². The number of pyridine rings is 2. The third kappa shape index (κ3) is 9.46. The fourth-order valence-electron chi connectivity index (χ4n) is 4.43. The summed E-state index contributed by atoms with van der Waals surface area (Å²) in [6, 6.07) is 22.9. The normalized spacial score (nSPS) is 11.3. The molecule has 0 fully saturated rings. The molecule has 6 rings (SSSR count). The van der Waals surface area contributed by atoms with E-state index in [2.05, 4.69) is 52.5 Å². The fraction of sp³-hybridized carbons (Fsp3) is 0.0278. The molecule has 50 heavy (non-hydrogen) atoms. The van der Waals surface area contributed by atoms with Crippen LogP contribution in [0.5, 0.6) is 0 Å². The van der Waals surface area contributed by atoms with Gasteiger partial charge in [0.05, 0.1) is 16.4 Å². The molecule has 3 N–H and O–H groups in total. The maximum absolute atomic E-state index is 13.7. The molecule has 0 amide bonds. The minimum Gasteiger partial charge on any atom is -0.384 e. The Kier molecular flexibility index (Phi) is 12.3. The molecular weight excluding hydrogens is 827 g/mol. The molecule has 0 radical (unpaired) electrons. The van der Waals surface area contributed by atoms with Crippen molar-refractivity contribution in [2.24, 2.45) is 0 Å². The number of anilines is 4. The molecule has 2 aromatic heterocycles. The molecule has 14 heteroatoms. The maximum atomic E-state index is 13.7. The van der Waals surface area contributed by atoms with Crippen LogP contribution in [0.25, 0.3) is 0 Å². The van der Waals surface area contributed by atoms with Gasteiger partial charge in [-0.1, -0.05) is 61.1 Å². The lowest BCUT2D eigenvalue weighted by Gasteiger charge is -2.14. The quantitative estimate of drug-likeness (QED) is 0.104. The zero-order valence-electron chi connectivity index (χ0n) is 25.2. The lowest BCUT2D eigenvalue weighted by molar-refractivity contribution is 0.103. The number of rotatable bonds is 8. The second kappa shape index (κ2) is 16.6. The van der Waals surface area contributed by atoms with E-state index in [9.17, 15) is 27.5 Å². The Morgan fingerprint density at radius 3 is 1.72 bits per heavy atom. The van der Waals surface area contributed by atoms with Gasteiger partial charge >= 0.3 is 0 Å². The molecule has 0 bridgehead atoms. The van der Waals surface area contributed by atoms with Crippen molar-refractivity contribution >= 4 is 83.9 Å². The van der Waals surface area contributed by atoms with E-state index in [0.717, 1.165) is 33.2 Å². The Morgan fingerprint density at radius 2 is 1.20 bits per heavy atom. The molecule has 0 aliphatic rings. The number of aliphatic hydroxyl groups excluding tert-OH is 1. The van der Waals surface area contributed by atoms with Gasteiger partial charge in [-0.2, -0.15) is 0 Å². The highest BCUT2D eigenvalue weighted by Gasteiger charge is 2.16. The number of carbonyl (C=O) groups excluding carboxylic acids is 1. The summed E-state index contributed by atoms with van der Waals surface area (Å²) in [6.45, 7) is 0. The van der Waals surface area contributed by atoms with Gasteiger partial charge in [0, 0.05) is 60.7 Å². The van der Waals surface area contributed by atoms with Crippen LogP contribution in [0.1, 0.15) is 33.2 Å². The molecule has 4 aromatic carbocycles. The van der Waals surface area contributed by atoms with Crippen molar-refractivity contribution in [1.29, 1.82) is 0 Å². The minimum atomic E-state index is -0.950. The monoisotopic (exact) mass is 846 g/mol. The highest BCUT2D eigenvalue weighted by molar-refractivity contribution is 9.10. The van der Waals surface area contributed by atoms with E-state index >= 15 is 0 Å². The lowest BCUT2D eigenvalue weighted by atomic mass is 10.0. The van der Waals surface area contributed by atoms with E-state index in [1.807, 2.05) is 0 Å². The largest absolute Gasteiger partial charge is 0.384 e. The Hall–Kier alpha value is -4.33. The van der Waals surface area contributed by atoms with Crippen molar-refractivity contribution in [3.63, 3.8) is 0 Å². The Labute approximate surface area is 310 Å². The minimum absolute atomic E-state index is 0.0861. The molecular formula is C36H22Br2Cl2F4N4O2. The van der Waals surface area contributed by atoms with Crippen LogP contribution in [0.2, 0.25) is 10.0 Å². The number of aliphatic hydroxyl groups is 1. The zero-order valence-corrected chi connectivity index (χ0v) is 29.9. The number of hydrogen-bond donors (Lipinski definition) is 3. The summed E-state index contributed by atoms with van der Waals surface area (Å²) in [7, 11) is 0. The van der Waals surface area contributed by atoms with Crippen LogP contribution in [0.4, 0.5) is 40.6 Å². The van der Waals surface area contributed by atoms with Crippen LogP contribution in [0, 0.1) is 23.3 Å². The summed E-state index contributed by atoms with van der Waals surface area (Å²) < 4.78 is 54.7. The molecule has 1 unspecified atom stereocenters. The Balaban J connectivity index is 0.000000194. The number of halogens is 8. The van der Waals surface area contributed by atoms with E-state index in [1.54, 1.807) is 54.6 Å². The van der Waals surface area contributed by atoms with Gasteiger partial charge in [-0.3, -0.25) is 4.79 Å². The number of nitrogens with zero attached hydrogens (tertiary/aromatic N) is 2. The fourth-order valence-corrected chi connectivity index (χ4v) is 5.60. The van der Waals surface area contributed by atoms with Gasteiger partial charge in [-0.25, -0.2) is 27.5 Å². The number of carbonyl (C=O) groups is 1. The molecule has 254 valence electrons. The number of aromatic nitrogens is 2. The first-order valence-electron chi connectivity index (χ1n) is 14.4. The second-order valence-electron chi connectivity index (χ2n) is 10.4. The first kappa shape index (κ1) is 36.9. The predicted octanol–water partition coefficient (Wildman–Crippen LogP) is 11.4. The smallest absolute Gasteiger partial charge is 0.196 e. The van der Waals surface area contributed by atoms with E-state index in [4.69, 9.17) is 23.2 Å². The Morgan fingerprint density at radius 1 is 0.660 bits per heavy atom. The lowest BCUT2D eigenvalue weighted by Crippen LogP contribution is -2.04. The average Bonchev–Trinajstić information content (AvgIpc) is 3.10. The van der Waals surface area contributed by atoms with Crippen LogP contribution in [0.15, 0.2) is 118 Å². The topological polar surface area (TPSA) is 87.1 Å². The summed E-state index contributed by atoms with van der Waals surface area (Å²) in [5, 5.41) is 16.7. The standard InChI is InChI=1S/C18H12BrClF2N2O.C18H10BrClF2N2O/c2*19-11-2-4-14(20)13(7-11)18(25)10-1-6-17(23-9-10)24-16-5-3-12(21)8-15(16)22/h1-9,18,25H,(H,23,24);1-9H,(H,23,24). The van der Waals surface area contributed by atoms with E-state index in [1.165, 1.54) is 30.6 Å². The van der Waals surface area contributed by atoms with Gasteiger partial charge < -0.3 is 15.7 Å². The van der Waals surface area contributed by atoms with Crippen molar-refractivity contribution in [1.82, 2.24) is 9.97 Å².